The largest absolute Gasteiger partial charge is 0.493 e. The molecule has 0 aliphatic rings. The smallest absolute Gasteiger partial charge is 0.257 e. The van der Waals surface area contributed by atoms with E-state index in [-0.39, 0.29) is 11.4 Å². The van der Waals surface area contributed by atoms with Crippen LogP contribution in [0.15, 0.2) is 29.1 Å². The quantitative estimate of drug-likeness (QED) is 0.884. The van der Waals surface area contributed by atoms with Gasteiger partial charge in [-0.1, -0.05) is 37.6 Å². The van der Waals surface area contributed by atoms with Crippen molar-refractivity contribution in [3.05, 3.63) is 57.1 Å². The lowest BCUT2D eigenvalue weighted by atomic mass is 10.1. The minimum atomic E-state index is -0.238. The average Bonchev–Trinajstić information content (AvgIpc) is 2.37. The van der Waals surface area contributed by atoms with Crippen molar-refractivity contribution >= 4 is 0 Å². The van der Waals surface area contributed by atoms with E-state index in [9.17, 15) is 9.90 Å². The molecule has 2 rings (SSSR count). The fourth-order valence-electron chi connectivity index (χ4n) is 2.08. The summed E-state index contributed by atoms with van der Waals surface area (Å²) in [4.78, 5) is 18.7. The van der Waals surface area contributed by atoms with Crippen LogP contribution in [-0.4, -0.2) is 15.1 Å². The standard InChI is InChI=1S/C15H18N2O2/c1-3-6-12-14(18)16-13(17-15(12)19)9-11-8-5-4-7-10(11)2/h4-5,7-8H,3,6,9H2,1-2H3,(H2,16,17,18,19). The molecule has 0 fully saturated rings. The number of benzene rings is 1. The van der Waals surface area contributed by atoms with E-state index in [4.69, 9.17) is 0 Å². The van der Waals surface area contributed by atoms with Crippen LogP contribution in [0.2, 0.25) is 0 Å². The Balaban J connectivity index is 2.33. The van der Waals surface area contributed by atoms with Crippen molar-refractivity contribution in [3.8, 4) is 5.88 Å². The van der Waals surface area contributed by atoms with Gasteiger partial charge in [-0.2, -0.15) is 4.98 Å². The van der Waals surface area contributed by atoms with Crippen LogP contribution in [0, 0.1) is 6.92 Å². The number of rotatable bonds is 4. The predicted octanol–water partition coefficient (Wildman–Crippen LogP) is 2.33. The highest BCUT2D eigenvalue weighted by Gasteiger charge is 2.10. The second-order valence-electron chi connectivity index (χ2n) is 4.67. The SMILES string of the molecule is CCCc1c(O)nc(Cc2ccccc2C)[nH]c1=O. The van der Waals surface area contributed by atoms with Gasteiger partial charge in [0.25, 0.3) is 5.56 Å². The number of nitrogens with zero attached hydrogens (tertiary/aromatic N) is 1. The van der Waals surface area contributed by atoms with Crippen LogP contribution in [0.4, 0.5) is 0 Å². The number of aromatic nitrogens is 2. The minimum Gasteiger partial charge on any atom is -0.493 e. The third-order valence-corrected chi connectivity index (χ3v) is 3.16. The Bertz CT molecular complexity index is 632. The fraction of sp³-hybridized carbons (Fsp3) is 0.333. The molecule has 0 atom stereocenters. The molecule has 0 saturated carbocycles. The minimum absolute atomic E-state index is 0.144. The molecule has 0 saturated heterocycles. The lowest BCUT2D eigenvalue weighted by molar-refractivity contribution is 0.439. The topological polar surface area (TPSA) is 66.0 Å². The molecule has 0 aliphatic carbocycles. The molecule has 2 N–H and O–H groups in total. The highest BCUT2D eigenvalue weighted by Crippen LogP contribution is 2.14. The summed E-state index contributed by atoms with van der Waals surface area (Å²) in [6.07, 6.45) is 1.86. The van der Waals surface area contributed by atoms with E-state index in [0.29, 0.717) is 24.2 Å². The summed E-state index contributed by atoms with van der Waals surface area (Å²) in [7, 11) is 0. The number of hydrogen-bond donors (Lipinski definition) is 2. The molecule has 2 aromatic rings. The maximum absolute atomic E-state index is 11.9. The summed E-state index contributed by atoms with van der Waals surface area (Å²) in [6.45, 7) is 3.97. The molecular formula is C15H18N2O2. The van der Waals surface area contributed by atoms with Crippen molar-refractivity contribution < 1.29 is 5.11 Å². The molecule has 1 aromatic carbocycles. The van der Waals surface area contributed by atoms with Crippen molar-refractivity contribution in [2.45, 2.75) is 33.1 Å². The zero-order chi connectivity index (χ0) is 13.8. The van der Waals surface area contributed by atoms with Gasteiger partial charge in [-0.25, -0.2) is 0 Å². The van der Waals surface area contributed by atoms with E-state index in [1.54, 1.807) is 0 Å². The van der Waals surface area contributed by atoms with Crippen molar-refractivity contribution in [3.63, 3.8) is 0 Å². The normalized spacial score (nSPS) is 10.6. The Morgan fingerprint density at radius 3 is 2.68 bits per heavy atom. The van der Waals surface area contributed by atoms with E-state index in [0.717, 1.165) is 17.5 Å². The number of aryl methyl sites for hydroxylation is 1. The Kier molecular flexibility index (Phi) is 4.00. The summed E-state index contributed by atoms with van der Waals surface area (Å²) in [5.41, 5.74) is 2.37. The van der Waals surface area contributed by atoms with Crippen molar-refractivity contribution in [2.24, 2.45) is 0 Å². The first-order chi connectivity index (χ1) is 9.11. The molecule has 4 heteroatoms. The van der Waals surface area contributed by atoms with E-state index < -0.39 is 0 Å². The maximum Gasteiger partial charge on any atom is 0.257 e. The van der Waals surface area contributed by atoms with E-state index >= 15 is 0 Å². The third-order valence-electron chi connectivity index (χ3n) is 3.16. The highest BCUT2D eigenvalue weighted by molar-refractivity contribution is 5.30. The third kappa shape index (κ3) is 3.02. The monoisotopic (exact) mass is 258 g/mol. The number of nitrogens with one attached hydrogen (secondary N) is 1. The summed E-state index contributed by atoms with van der Waals surface area (Å²) in [6, 6.07) is 7.92. The zero-order valence-corrected chi connectivity index (χ0v) is 11.2. The molecule has 1 aromatic heterocycles. The molecule has 0 unspecified atom stereocenters. The van der Waals surface area contributed by atoms with Gasteiger partial charge in [0.15, 0.2) is 0 Å². The fourth-order valence-corrected chi connectivity index (χ4v) is 2.08. The first-order valence-corrected chi connectivity index (χ1v) is 6.47. The Morgan fingerprint density at radius 2 is 2.05 bits per heavy atom. The summed E-state index contributed by atoms with van der Waals surface area (Å²) >= 11 is 0. The van der Waals surface area contributed by atoms with Crippen molar-refractivity contribution in [2.75, 3.05) is 0 Å². The highest BCUT2D eigenvalue weighted by atomic mass is 16.3. The summed E-state index contributed by atoms with van der Waals surface area (Å²) < 4.78 is 0. The van der Waals surface area contributed by atoms with Crippen LogP contribution in [0.25, 0.3) is 0 Å². The van der Waals surface area contributed by atoms with E-state index in [1.807, 2.05) is 38.1 Å². The molecule has 100 valence electrons. The molecular weight excluding hydrogens is 240 g/mol. The average molecular weight is 258 g/mol. The lowest BCUT2D eigenvalue weighted by Crippen LogP contribution is -2.17. The molecule has 0 radical (unpaired) electrons. The van der Waals surface area contributed by atoms with Gasteiger partial charge < -0.3 is 10.1 Å². The van der Waals surface area contributed by atoms with Crippen LogP contribution in [0.3, 0.4) is 0 Å². The first-order valence-electron chi connectivity index (χ1n) is 6.47. The van der Waals surface area contributed by atoms with Crippen LogP contribution in [0.5, 0.6) is 5.88 Å². The molecule has 4 nitrogen and oxygen atoms in total. The van der Waals surface area contributed by atoms with Crippen LogP contribution >= 0.6 is 0 Å². The molecule has 0 aliphatic heterocycles. The van der Waals surface area contributed by atoms with Crippen molar-refractivity contribution in [1.29, 1.82) is 0 Å². The number of hydrogen-bond acceptors (Lipinski definition) is 3. The summed E-state index contributed by atoms with van der Waals surface area (Å²) in [5.74, 6) is 0.353. The maximum atomic E-state index is 11.9. The van der Waals surface area contributed by atoms with Crippen LogP contribution < -0.4 is 5.56 Å². The number of aromatic hydroxyl groups is 1. The molecule has 0 amide bonds. The van der Waals surface area contributed by atoms with Gasteiger partial charge in [-0.15, -0.1) is 0 Å². The van der Waals surface area contributed by atoms with Crippen LogP contribution in [0.1, 0.15) is 35.9 Å². The second kappa shape index (κ2) is 5.69. The van der Waals surface area contributed by atoms with Gasteiger partial charge >= 0.3 is 0 Å². The molecule has 1 heterocycles. The number of H-pyrrole nitrogens is 1. The molecule has 0 spiro atoms. The Labute approximate surface area is 112 Å². The Hall–Kier alpha value is -2.10. The first kappa shape index (κ1) is 13.3. The van der Waals surface area contributed by atoms with E-state index in [1.165, 1.54) is 0 Å². The van der Waals surface area contributed by atoms with Gasteiger partial charge in [0.1, 0.15) is 5.82 Å². The molecule has 19 heavy (non-hydrogen) atoms. The van der Waals surface area contributed by atoms with Gasteiger partial charge in [-0.3, -0.25) is 4.79 Å². The Morgan fingerprint density at radius 1 is 1.32 bits per heavy atom. The molecule has 0 bridgehead atoms. The van der Waals surface area contributed by atoms with E-state index in [2.05, 4.69) is 9.97 Å². The van der Waals surface area contributed by atoms with Gasteiger partial charge in [0, 0.05) is 6.42 Å². The zero-order valence-electron chi connectivity index (χ0n) is 11.2. The van der Waals surface area contributed by atoms with Crippen LogP contribution in [-0.2, 0) is 12.8 Å². The lowest BCUT2D eigenvalue weighted by Gasteiger charge is -2.07. The van der Waals surface area contributed by atoms with Crippen molar-refractivity contribution in [1.82, 2.24) is 9.97 Å². The van der Waals surface area contributed by atoms with Gasteiger partial charge in [-0.05, 0) is 24.5 Å². The second-order valence-corrected chi connectivity index (χ2v) is 4.67. The predicted molar refractivity (Wildman–Crippen MR) is 74.5 cm³/mol. The number of aromatic amines is 1. The van der Waals surface area contributed by atoms with Gasteiger partial charge in [0.2, 0.25) is 5.88 Å². The summed E-state index contributed by atoms with van der Waals surface area (Å²) in [5, 5.41) is 9.82. The van der Waals surface area contributed by atoms with Gasteiger partial charge in [0.05, 0.1) is 5.56 Å².